The summed E-state index contributed by atoms with van der Waals surface area (Å²) < 4.78 is 0. The van der Waals surface area contributed by atoms with Crippen molar-refractivity contribution < 1.29 is 5.11 Å². The third-order valence-electron chi connectivity index (χ3n) is 2.40. The SMILES string of the molecule is Oc1cccc(C2CCNC2)c1. The number of phenols is 1. The third kappa shape index (κ3) is 1.43. The molecule has 1 heterocycles. The first-order valence-corrected chi connectivity index (χ1v) is 4.36. The van der Waals surface area contributed by atoms with E-state index in [4.69, 9.17) is 0 Å². The van der Waals surface area contributed by atoms with Crippen molar-refractivity contribution in [3.8, 4) is 5.75 Å². The molecular formula is C10H13NO. The Labute approximate surface area is 72.2 Å². The van der Waals surface area contributed by atoms with Gasteiger partial charge in [0.15, 0.2) is 0 Å². The van der Waals surface area contributed by atoms with E-state index in [-0.39, 0.29) is 0 Å². The predicted octanol–water partition coefficient (Wildman–Crippen LogP) is 1.47. The zero-order chi connectivity index (χ0) is 8.39. The van der Waals surface area contributed by atoms with E-state index in [9.17, 15) is 5.11 Å². The maximum absolute atomic E-state index is 9.25. The van der Waals surface area contributed by atoms with E-state index >= 15 is 0 Å². The fourth-order valence-electron chi connectivity index (χ4n) is 1.72. The second-order valence-electron chi connectivity index (χ2n) is 3.28. The van der Waals surface area contributed by atoms with E-state index < -0.39 is 0 Å². The van der Waals surface area contributed by atoms with Crippen LogP contribution in [0.1, 0.15) is 17.9 Å². The summed E-state index contributed by atoms with van der Waals surface area (Å²) in [5, 5.41) is 12.6. The molecule has 1 aromatic carbocycles. The van der Waals surface area contributed by atoms with Crippen LogP contribution in [0, 0.1) is 0 Å². The van der Waals surface area contributed by atoms with Gasteiger partial charge in [-0.2, -0.15) is 0 Å². The monoisotopic (exact) mass is 163 g/mol. The Hall–Kier alpha value is -1.02. The lowest BCUT2D eigenvalue weighted by atomic mass is 9.98. The molecule has 1 fully saturated rings. The van der Waals surface area contributed by atoms with Gasteiger partial charge in [-0.1, -0.05) is 12.1 Å². The summed E-state index contributed by atoms with van der Waals surface area (Å²) >= 11 is 0. The van der Waals surface area contributed by atoms with Crippen molar-refractivity contribution >= 4 is 0 Å². The maximum atomic E-state index is 9.25. The number of aromatic hydroxyl groups is 1. The van der Waals surface area contributed by atoms with Gasteiger partial charge in [-0.05, 0) is 36.6 Å². The molecule has 0 radical (unpaired) electrons. The molecule has 12 heavy (non-hydrogen) atoms. The molecule has 0 bridgehead atoms. The van der Waals surface area contributed by atoms with Gasteiger partial charge in [0.05, 0.1) is 0 Å². The van der Waals surface area contributed by atoms with E-state index in [0.29, 0.717) is 11.7 Å². The Morgan fingerprint density at radius 2 is 2.33 bits per heavy atom. The molecule has 64 valence electrons. The summed E-state index contributed by atoms with van der Waals surface area (Å²) in [4.78, 5) is 0. The number of hydrogen-bond donors (Lipinski definition) is 2. The van der Waals surface area contributed by atoms with E-state index in [1.807, 2.05) is 12.1 Å². The van der Waals surface area contributed by atoms with Gasteiger partial charge in [-0.3, -0.25) is 0 Å². The van der Waals surface area contributed by atoms with E-state index in [1.54, 1.807) is 6.07 Å². The molecule has 1 unspecified atom stereocenters. The maximum Gasteiger partial charge on any atom is 0.115 e. The molecule has 1 aliphatic heterocycles. The first-order valence-electron chi connectivity index (χ1n) is 4.36. The fraction of sp³-hybridized carbons (Fsp3) is 0.400. The molecule has 0 aliphatic carbocycles. The summed E-state index contributed by atoms with van der Waals surface area (Å²) in [6, 6.07) is 7.56. The van der Waals surface area contributed by atoms with Crippen LogP contribution in [-0.2, 0) is 0 Å². The Bertz CT molecular complexity index is 266. The molecule has 1 aromatic rings. The number of rotatable bonds is 1. The largest absolute Gasteiger partial charge is 0.508 e. The molecule has 2 nitrogen and oxygen atoms in total. The molecule has 2 N–H and O–H groups in total. The number of hydrogen-bond acceptors (Lipinski definition) is 2. The zero-order valence-electron chi connectivity index (χ0n) is 6.96. The van der Waals surface area contributed by atoms with Gasteiger partial charge in [0, 0.05) is 6.54 Å². The molecule has 1 saturated heterocycles. The minimum absolute atomic E-state index is 0.374. The first-order chi connectivity index (χ1) is 5.86. The summed E-state index contributed by atoms with van der Waals surface area (Å²) in [5.41, 5.74) is 1.25. The molecule has 2 rings (SSSR count). The summed E-state index contributed by atoms with van der Waals surface area (Å²) in [6.45, 7) is 2.14. The molecule has 1 atom stereocenters. The zero-order valence-corrected chi connectivity index (χ0v) is 6.96. The highest BCUT2D eigenvalue weighted by molar-refractivity contribution is 5.30. The third-order valence-corrected chi connectivity index (χ3v) is 2.40. The first kappa shape index (κ1) is 7.62. The van der Waals surface area contributed by atoms with E-state index in [0.717, 1.165) is 13.1 Å². The van der Waals surface area contributed by atoms with Crippen LogP contribution >= 0.6 is 0 Å². The molecule has 1 aliphatic rings. The van der Waals surface area contributed by atoms with Gasteiger partial charge in [-0.25, -0.2) is 0 Å². The molecule has 0 amide bonds. The van der Waals surface area contributed by atoms with Crippen molar-refractivity contribution in [3.05, 3.63) is 29.8 Å². The van der Waals surface area contributed by atoms with Gasteiger partial charge in [0.2, 0.25) is 0 Å². The van der Waals surface area contributed by atoms with Crippen molar-refractivity contribution in [2.45, 2.75) is 12.3 Å². The van der Waals surface area contributed by atoms with Gasteiger partial charge >= 0.3 is 0 Å². The van der Waals surface area contributed by atoms with E-state index in [1.165, 1.54) is 12.0 Å². The van der Waals surface area contributed by atoms with Gasteiger partial charge < -0.3 is 10.4 Å². The molecule has 0 spiro atoms. The lowest BCUT2D eigenvalue weighted by molar-refractivity contribution is 0.474. The molecule has 2 heteroatoms. The van der Waals surface area contributed by atoms with Crippen LogP contribution in [0.5, 0.6) is 5.75 Å². The average molecular weight is 163 g/mol. The fourth-order valence-corrected chi connectivity index (χ4v) is 1.72. The second-order valence-corrected chi connectivity index (χ2v) is 3.28. The normalized spacial score (nSPS) is 22.8. The standard InChI is InChI=1S/C10H13NO/c12-10-3-1-2-8(6-10)9-4-5-11-7-9/h1-3,6,9,11-12H,4-5,7H2. The Kier molecular flexibility index (Phi) is 2.00. The highest BCUT2D eigenvalue weighted by Crippen LogP contribution is 2.24. The molecule has 0 aromatic heterocycles. The lowest BCUT2D eigenvalue weighted by Gasteiger charge is -2.07. The van der Waals surface area contributed by atoms with Crippen LogP contribution in [0.15, 0.2) is 24.3 Å². The smallest absolute Gasteiger partial charge is 0.115 e. The van der Waals surface area contributed by atoms with Crippen molar-refractivity contribution in [2.75, 3.05) is 13.1 Å². The Morgan fingerprint density at radius 1 is 1.42 bits per heavy atom. The predicted molar refractivity (Wildman–Crippen MR) is 48.3 cm³/mol. The minimum Gasteiger partial charge on any atom is -0.508 e. The topological polar surface area (TPSA) is 32.3 Å². The van der Waals surface area contributed by atoms with Crippen LogP contribution in [0.2, 0.25) is 0 Å². The highest BCUT2D eigenvalue weighted by atomic mass is 16.3. The van der Waals surface area contributed by atoms with Crippen molar-refractivity contribution in [3.63, 3.8) is 0 Å². The summed E-state index contributed by atoms with van der Waals surface area (Å²) in [5.74, 6) is 0.969. The minimum atomic E-state index is 0.374. The van der Waals surface area contributed by atoms with E-state index in [2.05, 4.69) is 11.4 Å². The summed E-state index contributed by atoms with van der Waals surface area (Å²) in [7, 11) is 0. The highest BCUT2D eigenvalue weighted by Gasteiger charge is 2.16. The number of phenolic OH excluding ortho intramolecular Hbond substituents is 1. The second kappa shape index (κ2) is 3.15. The van der Waals surface area contributed by atoms with Crippen LogP contribution < -0.4 is 5.32 Å². The lowest BCUT2D eigenvalue weighted by Crippen LogP contribution is -2.07. The van der Waals surface area contributed by atoms with Crippen LogP contribution in [-0.4, -0.2) is 18.2 Å². The molecule has 0 saturated carbocycles. The van der Waals surface area contributed by atoms with Gasteiger partial charge in [0.25, 0.3) is 0 Å². The number of benzene rings is 1. The van der Waals surface area contributed by atoms with Crippen LogP contribution in [0.25, 0.3) is 0 Å². The van der Waals surface area contributed by atoms with Gasteiger partial charge in [-0.15, -0.1) is 0 Å². The molecular weight excluding hydrogens is 150 g/mol. The van der Waals surface area contributed by atoms with Crippen LogP contribution in [0.4, 0.5) is 0 Å². The van der Waals surface area contributed by atoms with Crippen molar-refractivity contribution in [2.24, 2.45) is 0 Å². The van der Waals surface area contributed by atoms with Crippen molar-refractivity contribution in [1.29, 1.82) is 0 Å². The Balaban J connectivity index is 2.21. The summed E-state index contributed by atoms with van der Waals surface area (Å²) in [6.07, 6.45) is 1.18. The average Bonchev–Trinajstić information content (AvgIpc) is 2.56. The number of nitrogens with one attached hydrogen (secondary N) is 1. The van der Waals surface area contributed by atoms with Crippen molar-refractivity contribution in [1.82, 2.24) is 5.32 Å². The quantitative estimate of drug-likeness (QED) is 0.657. The van der Waals surface area contributed by atoms with Crippen LogP contribution in [0.3, 0.4) is 0 Å². The Morgan fingerprint density at radius 3 is 3.00 bits per heavy atom. The van der Waals surface area contributed by atoms with Gasteiger partial charge in [0.1, 0.15) is 5.75 Å².